The number of benzene rings is 3. The van der Waals surface area contributed by atoms with E-state index in [1.54, 1.807) is 35.2 Å². The quantitative estimate of drug-likeness (QED) is 0.249. The second-order valence-electron chi connectivity index (χ2n) is 10.4. The zero-order chi connectivity index (χ0) is 29.4. The molecular formula is C32H29ClN4O4. The number of ketones is 1. The van der Waals surface area contributed by atoms with Gasteiger partial charge in [0.05, 0.1) is 28.2 Å². The van der Waals surface area contributed by atoms with Gasteiger partial charge in [0.25, 0.3) is 5.69 Å². The monoisotopic (exact) mass is 568 g/mol. The van der Waals surface area contributed by atoms with Crippen LogP contribution >= 0.6 is 11.6 Å². The maximum atomic E-state index is 13.6. The third-order valence-corrected chi connectivity index (χ3v) is 8.05. The minimum Gasteiger partial charge on any atom is -0.489 e. The number of nitriles is 1. The molecule has 0 saturated heterocycles. The average Bonchev–Trinajstić information content (AvgIpc) is 2.94. The molecule has 0 fully saturated rings. The Bertz CT molecular complexity index is 1680. The summed E-state index contributed by atoms with van der Waals surface area (Å²) < 4.78 is 6.03. The van der Waals surface area contributed by atoms with Gasteiger partial charge < -0.3 is 10.5 Å². The molecule has 0 radical (unpaired) electrons. The molecule has 5 rings (SSSR count). The van der Waals surface area contributed by atoms with E-state index >= 15 is 0 Å². The molecule has 2 aliphatic rings. The van der Waals surface area contributed by atoms with Crippen molar-refractivity contribution in [1.82, 2.24) is 0 Å². The number of nitrogens with two attached hydrogens (primary N) is 1. The highest BCUT2D eigenvalue weighted by molar-refractivity contribution is 6.30. The van der Waals surface area contributed by atoms with Gasteiger partial charge in [0, 0.05) is 34.8 Å². The van der Waals surface area contributed by atoms with E-state index in [-0.39, 0.29) is 29.5 Å². The molecular weight excluding hydrogens is 540 g/mol. The molecule has 1 heterocycles. The van der Waals surface area contributed by atoms with E-state index in [4.69, 9.17) is 22.1 Å². The molecule has 0 spiro atoms. The van der Waals surface area contributed by atoms with Crippen LogP contribution in [0.2, 0.25) is 5.02 Å². The summed E-state index contributed by atoms with van der Waals surface area (Å²) in [5.41, 5.74) is 13.0. The van der Waals surface area contributed by atoms with Gasteiger partial charge in [0.2, 0.25) is 0 Å². The molecule has 9 heteroatoms. The lowest BCUT2D eigenvalue weighted by Gasteiger charge is -2.40. The van der Waals surface area contributed by atoms with Gasteiger partial charge in [-0.15, -0.1) is 0 Å². The van der Waals surface area contributed by atoms with E-state index in [1.807, 2.05) is 32.9 Å². The number of Topliss-reactive ketones (excluding diaryl/α,β-unsaturated/α-hetero) is 1. The summed E-state index contributed by atoms with van der Waals surface area (Å²) in [7, 11) is 0. The molecule has 208 valence electrons. The molecule has 3 aromatic rings. The topological polar surface area (TPSA) is 122 Å². The summed E-state index contributed by atoms with van der Waals surface area (Å²) in [4.78, 5) is 26.4. The molecule has 1 aliphatic heterocycles. The first-order valence-corrected chi connectivity index (χ1v) is 13.7. The second kappa shape index (κ2) is 11.1. The van der Waals surface area contributed by atoms with Crippen LogP contribution in [-0.4, -0.2) is 10.7 Å². The zero-order valence-corrected chi connectivity index (χ0v) is 23.8. The molecule has 0 aromatic heterocycles. The summed E-state index contributed by atoms with van der Waals surface area (Å²) in [6, 6.07) is 18.0. The van der Waals surface area contributed by atoms with E-state index in [0.29, 0.717) is 47.0 Å². The number of rotatable bonds is 6. The number of halogens is 1. The number of nitrogens with zero attached hydrogens (tertiary/aromatic N) is 3. The van der Waals surface area contributed by atoms with Crippen molar-refractivity contribution in [3.05, 3.63) is 120 Å². The summed E-state index contributed by atoms with van der Waals surface area (Å²) in [5.74, 6) is 0.135. The lowest BCUT2D eigenvalue weighted by atomic mass is 9.74. The molecule has 1 atom stereocenters. The Morgan fingerprint density at radius 3 is 2.49 bits per heavy atom. The van der Waals surface area contributed by atoms with Crippen LogP contribution in [0.1, 0.15) is 53.0 Å². The predicted molar refractivity (Wildman–Crippen MR) is 157 cm³/mol. The molecule has 8 nitrogen and oxygen atoms in total. The Kier molecular flexibility index (Phi) is 7.57. The minimum absolute atomic E-state index is 0.0523. The van der Waals surface area contributed by atoms with Crippen LogP contribution in [0.15, 0.2) is 77.3 Å². The van der Waals surface area contributed by atoms with Crippen molar-refractivity contribution in [1.29, 1.82) is 5.26 Å². The van der Waals surface area contributed by atoms with Crippen LogP contribution in [0.25, 0.3) is 0 Å². The molecule has 0 bridgehead atoms. The molecule has 41 heavy (non-hydrogen) atoms. The lowest BCUT2D eigenvalue weighted by molar-refractivity contribution is -0.384. The van der Waals surface area contributed by atoms with Gasteiger partial charge in [-0.1, -0.05) is 29.8 Å². The van der Waals surface area contributed by atoms with Crippen LogP contribution in [0.4, 0.5) is 11.4 Å². The first kappa shape index (κ1) is 27.9. The highest BCUT2D eigenvalue weighted by Gasteiger charge is 2.41. The summed E-state index contributed by atoms with van der Waals surface area (Å²) in [6.45, 7) is 6.07. The number of anilines is 1. The van der Waals surface area contributed by atoms with Crippen molar-refractivity contribution >= 4 is 28.8 Å². The van der Waals surface area contributed by atoms with E-state index in [9.17, 15) is 20.2 Å². The Hall–Kier alpha value is -4.61. The summed E-state index contributed by atoms with van der Waals surface area (Å²) in [6.07, 6.45) is 1.53. The van der Waals surface area contributed by atoms with Crippen LogP contribution in [0.5, 0.6) is 5.75 Å². The SMILES string of the molecule is Cc1cc(C)c(C2C(C#N)=C(N)N(c3cc([N+](=O)[O-])ccc3C)C3=C2C(=O)CCC3)cc1COc1ccc(Cl)cc1. The molecule has 1 aliphatic carbocycles. The van der Waals surface area contributed by atoms with E-state index < -0.39 is 10.8 Å². The summed E-state index contributed by atoms with van der Waals surface area (Å²) in [5, 5.41) is 22.6. The fourth-order valence-corrected chi connectivity index (χ4v) is 5.83. The van der Waals surface area contributed by atoms with Crippen molar-refractivity contribution in [3.63, 3.8) is 0 Å². The molecule has 2 N–H and O–H groups in total. The normalized spacial score (nSPS) is 16.9. The molecule has 1 unspecified atom stereocenters. The van der Waals surface area contributed by atoms with Gasteiger partial charge >= 0.3 is 0 Å². The number of nitro groups is 1. The third kappa shape index (κ3) is 5.17. The Labute approximate surface area is 243 Å². The van der Waals surface area contributed by atoms with Gasteiger partial charge in [-0.2, -0.15) is 5.26 Å². The van der Waals surface area contributed by atoms with Gasteiger partial charge in [-0.3, -0.25) is 19.8 Å². The molecule has 0 amide bonds. The number of carbonyl (C=O) groups is 1. The number of non-ortho nitro benzene ring substituents is 1. The Morgan fingerprint density at radius 1 is 1.07 bits per heavy atom. The van der Waals surface area contributed by atoms with E-state index in [1.165, 1.54) is 12.1 Å². The van der Waals surface area contributed by atoms with Crippen LogP contribution in [0, 0.1) is 42.2 Å². The first-order valence-electron chi connectivity index (χ1n) is 13.3. The highest BCUT2D eigenvalue weighted by Crippen LogP contribution is 2.48. The van der Waals surface area contributed by atoms with Crippen LogP contribution < -0.4 is 15.4 Å². The third-order valence-electron chi connectivity index (χ3n) is 7.80. The maximum Gasteiger partial charge on any atom is 0.271 e. The standard InChI is InChI=1S/C32H29ClN4O4/c1-18-7-10-23(37(39)40)15-28(18)36-27-5-4-6-29(38)31(27)30(26(16-34)32(36)35)25-14-21(19(2)13-20(25)3)17-41-24-11-8-22(33)9-12-24/h7-15,30H,4-6,17,35H2,1-3H3. The number of allylic oxidation sites excluding steroid dienone is 3. The number of ether oxygens (including phenoxy) is 1. The van der Waals surface area contributed by atoms with Gasteiger partial charge in [-0.05, 0) is 85.7 Å². The largest absolute Gasteiger partial charge is 0.489 e. The van der Waals surface area contributed by atoms with E-state index in [0.717, 1.165) is 27.8 Å². The second-order valence-corrected chi connectivity index (χ2v) is 10.9. The lowest BCUT2D eigenvalue weighted by Crippen LogP contribution is -2.39. The van der Waals surface area contributed by atoms with Gasteiger partial charge in [-0.25, -0.2) is 0 Å². The molecule has 3 aromatic carbocycles. The average molecular weight is 569 g/mol. The van der Waals surface area contributed by atoms with Crippen molar-refractivity contribution < 1.29 is 14.5 Å². The zero-order valence-electron chi connectivity index (χ0n) is 23.0. The highest BCUT2D eigenvalue weighted by atomic mass is 35.5. The number of carbonyl (C=O) groups excluding carboxylic acids is 1. The van der Waals surface area contributed by atoms with Crippen LogP contribution in [-0.2, 0) is 11.4 Å². The van der Waals surface area contributed by atoms with Gasteiger partial charge in [0.15, 0.2) is 5.78 Å². The smallest absolute Gasteiger partial charge is 0.271 e. The van der Waals surface area contributed by atoms with E-state index in [2.05, 4.69) is 6.07 Å². The maximum absolute atomic E-state index is 13.6. The van der Waals surface area contributed by atoms with Gasteiger partial charge in [0.1, 0.15) is 18.2 Å². The van der Waals surface area contributed by atoms with Crippen molar-refractivity contribution in [2.45, 2.75) is 52.6 Å². The number of aryl methyl sites for hydroxylation is 3. The molecule has 0 saturated carbocycles. The Balaban J connectivity index is 1.65. The number of hydrogen-bond acceptors (Lipinski definition) is 7. The minimum atomic E-state index is -0.659. The Morgan fingerprint density at radius 2 is 1.80 bits per heavy atom. The number of nitro benzene ring substituents is 1. The fourth-order valence-electron chi connectivity index (χ4n) is 5.70. The van der Waals surface area contributed by atoms with Crippen molar-refractivity contribution in [3.8, 4) is 11.8 Å². The first-order chi connectivity index (χ1) is 19.6. The van der Waals surface area contributed by atoms with Crippen LogP contribution in [0.3, 0.4) is 0 Å². The fraction of sp³-hybridized carbons (Fsp3) is 0.250. The summed E-state index contributed by atoms with van der Waals surface area (Å²) >= 11 is 6.00. The van der Waals surface area contributed by atoms with Crippen molar-refractivity contribution in [2.75, 3.05) is 4.90 Å². The van der Waals surface area contributed by atoms with Crippen molar-refractivity contribution in [2.24, 2.45) is 5.73 Å². The number of hydrogen-bond donors (Lipinski definition) is 1. The predicted octanol–water partition coefficient (Wildman–Crippen LogP) is 7.06.